The van der Waals surface area contributed by atoms with Crippen LogP contribution in [-0.2, 0) is 10.1 Å². The van der Waals surface area contributed by atoms with Gasteiger partial charge in [-0.05, 0) is 12.1 Å². The van der Waals surface area contributed by atoms with Crippen LogP contribution < -0.4 is 5.43 Å². The van der Waals surface area contributed by atoms with Crippen molar-refractivity contribution in [1.29, 1.82) is 0 Å². The van der Waals surface area contributed by atoms with Gasteiger partial charge in [-0.1, -0.05) is 6.07 Å². The van der Waals surface area contributed by atoms with E-state index < -0.39 is 48.7 Å². The van der Waals surface area contributed by atoms with Crippen LogP contribution in [0.3, 0.4) is 0 Å². The van der Waals surface area contributed by atoms with Crippen molar-refractivity contribution in [3.63, 3.8) is 0 Å². The van der Waals surface area contributed by atoms with Gasteiger partial charge in [0, 0.05) is 6.07 Å². The predicted molar refractivity (Wildman–Crippen MR) is 74.8 cm³/mol. The van der Waals surface area contributed by atoms with Gasteiger partial charge < -0.3 is 19.7 Å². The first kappa shape index (κ1) is 14.2. The van der Waals surface area contributed by atoms with Crippen LogP contribution in [-0.4, -0.2) is 28.3 Å². The zero-order valence-electron chi connectivity index (χ0n) is 10.6. The van der Waals surface area contributed by atoms with E-state index in [2.05, 4.69) is 0 Å². The summed E-state index contributed by atoms with van der Waals surface area (Å²) in [5.41, 5.74) is -1.91. The third kappa shape index (κ3) is 1.87. The molecule has 8 nitrogen and oxygen atoms in total. The fourth-order valence-electron chi connectivity index (χ4n) is 2.23. The highest BCUT2D eigenvalue weighted by atomic mass is 32.2. The molecule has 9 heteroatoms. The lowest BCUT2D eigenvalue weighted by Gasteiger charge is -2.09. The van der Waals surface area contributed by atoms with Crippen LogP contribution in [0, 0.1) is 0 Å². The van der Waals surface area contributed by atoms with E-state index in [1.54, 1.807) is 0 Å². The van der Waals surface area contributed by atoms with E-state index in [0.717, 1.165) is 0 Å². The maximum atomic E-state index is 12.4. The van der Waals surface area contributed by atoms with E-state index in [4.69, 9.17) is 4.42 Å². The summed E-state index contributed by atoms with van der Waals surface area (Å²) in [6.45, 7) is 0. The molecule has 0 unspecified atom stereocenters. The van der Waals surface area contributed by atoms with Crippen LogP contribution >= 0.6 is 0 Å². The second kappa shape index (κ2) is 4.36. The first-order chi connectivity index (χ1) is 10.2. The van der Waals surface area contributed by atoms with Crippen molar-refractivity contribution in [2.45, 2.75) is 4.90 Å². The molecule has 3 aromatic rings. The van der Waals surface area contributed by atoms with Crippen molar-refractivity contribution in [3.8, 4) is 17.2 Å². The SMILES string of the molecule is O=c1c2cccc(O)c2oc2c(S(=O)(=O)O)c(O)cc(O)c12. The molecule has 1 heterocycles. The van der Waals surface area contributed by atoms with Crippen molar-refractivity contribution in [1.82, 2.24) is 0 Å². The number of rotatable bonds is 1. The third-order valence-corrected chi connectivity index (χ3v) is 4.03. The molecule has 0 fully saturated rings. The Morgan fingerprint density at radius 3 is 2.27 bits per heavy atom. The zero-order chi connectivity index (χ0) is 16.2. The molecule has 0 spiro atoms. The van der Waals surface area contributed by atoms with Gasteiger partial charge in [0.1, 0.15) is 16.9 Å². The number of para-hydroxylation sites is 1. The van der Waals surface area contributed by atoms with Crippen LogP contribution in [0.4, 0.5) is 0 Å². The Bertz CT molecular complexity index is 1090. The Balaban J connectivity index is 2.74. The molecule has 4 N–H and O–H groups in total. The Morgan fingerprint density at radius 1 is 0.955 bits per heavy atom. The molecular weight excluding hydrogens is 316 g/mol. The minimum atomic E-state index is -4.95. The molecule has 0 atom stereocenters. The molecule has 0 saturated carbocycles. The minimum Gasteiger partial charge on any atom is -0.507 e. The van der Waals surface area contributed by atoms with E-state index >= 15 is 0 Å². The van der Waals surface area contributed by atoms with Gasteiger partial charge in [0.05, 0.1) is 5.39 Å². The summed E-state index contributed by atoms with van der Waals surface area (Å²) in [4.78, 5) is 11.3. The Kier molecular flexibility index (Phi) is 2.81. The van der Waals surface area contributed by atoms with Gasteiger partial charge in [-0.2, -0.15) is 8.42 Å². The summed E-state index contributed by atoms with van der Waals surface area (Å²) in [7, 11) is -4.95. The Morgan fingerprint density at radius 2 is 1.64 bits per heavy atom. The number of phenols is 3. The first-order valence-electron chi connectivity index (χ1n) is 5.82. The van der Waals surface area contributed by atoms with Crippen LogP contribution in [0.2, 0.25) is 0 Å². The standard InChI is InChI=1S/C13H8O8S/c14-6-3-1-2-5-10(17)9-7(15)4-8(16)13(22(18,19)20)12(9)21-11(5)6/h1-4,14-16H,(H,18,19,20). The summed E-state index contributed by atoms with van der Waals surface area (Å²) in [6, 6.07) is 4.48. The smallest absolute Gasteiger partial charge is 0.302 e. The summed E-state index contributed by atoms with van der Waals surface area (Å²) in [6.07, 6.45) is 0. The number of hydrogen-bond donors (Lipinski definition) is 4. The minimum absolute atomic E-state index is 0.102. The van der Waals surface area contributed by atoms with E-state index in [0.29, 0.717) is 6.07 Å². The highest BCUT2D eigenvalue weighted by Crippen LogP contribution is 2.38. The number of hydrogen-bond acceptors (Lipinski definition) is 7. The molecule has 1 aromatic heterocycles. The summed E-state index contributed by atoms with van der Waals surface area (Å²) >= 11 is 0. The van der Waals surface area contributed by atoms with Crippen LogP contribution in [0.15, 0.2) is 38.4 Å². The van der Waals surface area contributed by atoms with E-state index in [-0.39, 0.29) is 11.0 Å². The normalized spacial score (nSPS) is 12.0. The molecule has 0 aliphatic rings. The van der Waals surface area contributed by atoms with E-state index in [9.17, 15) is 33.1 Å². The molecule has 22 heavy (non-hydrogen) atoms. The number of phenolic OH excluding ortho intramolecular Hbond substituents is 3. The molecule has 0 amide bonds. The van der Waals surface area contributed by atoms with E-state index in [1.165, 1.54) is 18.2 Å². The second-order valence-electron chi connectivity index (χ2n) is 4.51. The van der Waals surface area contributed by atoms with Crippen molar-refractivity contribution in [2.24, 2.45) is 0 Å². The van der Waals surface area contributed by atoms with Gasteiger partial charge in [0.2, 0.25) is 5.43 Å². The average molecular weight is 324 g/mol. The van der Waals surface area contributed by atoms with Gasteiger partial charge in [-0.3, -0.25) is 9.35 Å². The number of fused-ring (bicyclic) bond motifs is 2. The van der Waals surface area contributed by atoms with Gasteiger partial charge in [0.15, 0.2) is 21.8 Å². The fraction of sp³-hybridized carbons (Fsp3) is 0. The third-order valence-electron chi connectivity index (χ3n) is 3.12. The Labute approximate surface area is 122 Å². The summed E-state index contributed by atoms with van der Waals surface area (Å²) in [5, 5.41) is 28.5. The van der Waals surface area contributed by atoms with Gasteiger partial charge in [-0.25, -0.2) is 0 Å². The van der Waals surface area contributed by atoms with Crippen molar-refractivity contribution < 1.29 is 32.7 Å². The molecule has 0 saturated heterocycles. The lowest BCUT2D eigenvalue weighted by molar-refractivity contribution is 0.429. The monoisotopic (exact) mass is 324 g/mol. The van der Waals surface area contributed by atoms with Crippen LogP contribution in [0.1, 0.15) is 0 Å². The van der Waals surface area contributed by atoms with Gasteiger partial charge in [0.25, 0.3) is 0 Å². The van der Waals surface area contributed by atoms with E-state index in [1.807, 2.05) is 0 Å². The average Bonchev–Trinajstić information content (AvgIpc) is 2.38. The predicted octanol–water partition coefficient (Wildman–Crippen LogP) is 1.31. The van der Waals surface area contributed by atoms with Crippen LogP contribution in [0.5, 0.6) is 17.2 Å². The molecule has 0 radical (unpaired) electrons. The molecule has 2 aromatic carbocycles. The molecular formula is C13H8O8S. The van der Waals surface area contributed by atoms with Crippen molar-refractivity contribution in [2.75, 3.05) is 0 Å². The van der Waals surface area contributed by atoms with Crippen molar-refractivity contribution in [3.05, 3.63) is 34.5 Å². The van der Waals surface area contributed by atoms with Crippen molar-refractivity contribution >= 4 is 32.1 Å². The van der Waals surface area contributed by atoms with Gasteiger partial charge in [-0.15, -0.1) is 0 Å². The molecule has 3 rings (SSSR count). The maximum Gasteiger partial charge on any atom is 0.302 e. The quantitative estimate of drug-likeness (QED) is 0.387. The highest BCUT2D eigenvalue weighted by Gasteiger charge is 2.26. The fourth-order valence-corrected chi connectivity index (χ4v) is 2.93. The second-order valence-corrected chi connectivity index (χ2v) is 5.87. The van der Waals surface area contributed by atoms with Gasteiger partial charge >= 0.3 is 10.1 Å². The molecule has 114 valence electrons. The topological polar surface area (TPSA) is 145 Å². The summed E-state index contributed by atoms with van der Waals surface area (Å²) < 4.78 is 37.2. The largest absolute Gasteiger partial charge is 0.507 e. The Hall–Kier alpha value is -2.78. The number of aromatic hydroxyl groups is 3. The summed E-state index contributed by atoms with van der Waals surface area (Å²) in [5.74, 6) is -2.16. The molecule has 0 bridgehead atoms. The lowest BCUT2D eigenvalue weighted by atomic mass is 10.1. The zero-order valence-corrected chi connectivity index (χ0v) is 11.5. The maximum absolute atomic E-state index is 12.4. The lowest BCUT2D eigenvalue weighted by Crippen LogP contribution is -2.07. The van der Waals surface area contributed by atoms with Crippen LogP contribution in [0.25, 0.3) is 21.9 Å². The number of benzene rings is 2. The highest BCUT2D eigenvalue weighted by molar-refractivity contribution is 7.86. The molecule has 0 aliphatic heterocycles. The first-order valence-corrected chi connectivity index (χ1v) is 7.26. The molecule has 0 aliphatic carbocycles.